The molecule has 9 saturated carbocycles. The predicted molar refractivity (Wildman–Crippen MR) is 77.8 cm³/mol. The van der Waals surface area contributed by atoms with E-state index in [1.807, 2.05) is 0 Å². The number of hydrogen-bond donors (Lipinski definition) is 0. The van der Waals surface area contributed by atoms with Crippen molar-refractivity contribution in [1.29, 1.82) is 0 Å². The van der Waals surface area contributed by atoms with E-state index in [1.165, 1.54) is 25.7 Å². The van der Waals surface area contributed by atoms with Crippen molar-refractivity contribution in [3.63, 3.8) is 0 Å². The first-order chi connectivity index (χ1) is 10.8. The van der Waals surface area contributed by atoms with Gasteiger partial charge >= 0.3 is 0 Å². The minimum atomic E-state index is 0.652. The molecule has 116 valence electrons. The lowest BCUT2D eigenvalue weighted by atomic mass is 9.18. The van der Waals surface area contributed by atoms with E-state index in [2.05, 4.69) is 0 Å². The van der Waals surface area contributed by atoms with Crippen molar-refractivity contribution >= 4 is 0 Å². The third kappa shape index (κ3) is 0.714. The summed E-state index contributed by atoms with van der Waals surface area (Å²) >= 11 is 0. The average molecular weight is 296 g/mol. The van der Waals surface area contributed by atoms with Gasteiger partial charge in [0.15, 0.2) is 0 Å². The Morgan fingerprint density at radius 2 is 1.05 bits per heavy atom. The zero-order chi connectivity index (χ0) is 13.6. The first-order valence-corrected chi connectivity index (χ1v) is 10.1. The smallest absolute Gasteiger partial charge is 0.0646 e. The minimum Gasteiger partial charge on any atom is -0.374 e. The molecule has 0 aromatic heterocycles. The highest BCUT2D eigenvalue weighted by molar-refractivity contribution is 5.35. The van der Waals surface area contributed by atoms with E-state index in [4.69, 9.17) is 9.47 Å². The van der Waals surface area contributed by atoms with Gasteiger partial charge in [-0.1, -0.05) is 0 Å². The molecule has 4 saturated heterocycles. The van der Waals surface area contributed by atoms with Crippen LogP contribution in [0.4, 0.5) is 0 Å². The van der Waals surface area contributed by atoms with Gasteiger partial charge in [-0.2, -0.15) is 0 Å². The summed E-state index contributed by atoms with van der Waals surface area (Å²) in [6.07, 6.45) is 11.5. The maximum Gasteiger partial charge on any atom is 0.0646 e. The molecule has 13 rings (SSSR count). The minimum absolute atomic E-state index is 0.652. The van der Waals surface area contributed by atoms with Crippen LogP contribution >= 0.6 is 0 Å². The Kier molecular flexibility index (Phi) is 1.29. The highest BCUT2D eigenvalue weighted by Gasteiger charge is 2.88. The summed E-state index contributed by atoms with van der Waals surface area (Å²) < 4.78 is 13.4. The second kappa shape index (κ2) is 2.65. The summed E-state index contributed by atoms with van der Waals surface area (Å²) in [5.74, 6) is 8.08. The molecular weight excluding hydrogens is 272 g/mol. The Bertz CT molecular complexity index is 560. The van der Waals surface area contributed by atoms with Crippen molar-refractivity contribution in [3.8, 4) is 0 Å². The molecule has 0 radical (unpaired) electrons. The summed E-state index contributed by atoms with van der Waals surface area (Å²) in [6, 6.07) is 0. The molecule has 14 atom stereocenters. The number of rotatable bonds is 0. The molecule has 4 aliphatic heterocycles. The van der Waals surface area contributed by atoms with Gasteiger partial charge in [-0.25, -0.2) is 0 Å². The second-order valence-electron chi connectivity index (χ2n) is 11.0. The van der Waals surface area contributed by atoms with Crippen molar-refractivity contribution in [3.05, 3.63) is 0 Å². The molecule has 22 heavy (non-hydrogen) atoms. The highest BCUT2D eigenvalue weighted by Crippen LogP contribution is 2.89. The van der Waals surface area contributed by atoms with Gasteiger partial charge in [-0.3, -0.25) is 0 Å². The van der Waals surface area contributed by atoms with E-state index in [-0.39, 0.29) is 0 Å². The standard InChI is InChI=1S/C20H24O2/c1-7-3-19-6-12-10-2-8-4-20-5-11(17(21-7)16(19)14(10)20)9(1)13(19)15(20)18(12)22-8/h7-18H,1-6H2. The molecule has 0 amide bonds. The van der Waals surface area contributed by atoms with Gasteiger partial charge in [0.1, 0.15) is 0 Å². The van der Waals surface area contributed by atoms with Crippen molar-refractivity contribution in [2.75, 3.05) is 0 Å². The molecule has 14 unspecified atom stereocenters. The SMILES string of the molecule is C1C2CC34CC5C6CC7CC89CC(C1C3C8C5O7)C(O2)C4C69. The van der Waals surface area contributed by atoms with Gasteiger partial charge < -0.3 is 9.47 Å². The van der Waals surface area contributed by atoms with Gasteiger partial charge in [-0.15, -0.1) is 0 Å². The van der Waals surface area contributed by atoms with Crippen LogP contribution in [0.5, 0.6) is 0 Å². The predicted octanol–water partition coefficient (Wildman–Crippen LogP) is 2.86. The van der Waals surface area contributed by atoms with Gasteiger partial charge in [0, 0.05) is 0 Å². The van der Waals surface area contributed by atoms with Crippen molar-refractivity contribution in [1.82, 2.24) is 0 Å². The lowest BCUT2D eigenvalue weighted by Gasteiger charge is -2.90. The van der Waals surface area contributed by atoms with Crippen LogP contribution in [0, 0.1) is 58.2 Å². The Labute approximate surface area is 131 Å². The fraction of sp³-hybridized carbons (Fsp3) is 1.00. The van der Waals surface area contributed by atoms with E-state index < -0.39 is 0 Å². The van der Waals surface area contributed by atoms with Crippen molar-refractivity contribution < 1.29 is 9.47 Å². The van der Waals surface area contributed by atoms with Crippen LogP contribution in [0.25, 0.3) is 0 Å². The third-order valence-electron chi connectivity index (χ3n) is 11.2. The van der Waals surface area contributed by atoms with Crippen molar-refractivity contribution in [2.24, 2.45) is 58.2 Å². The quantitative estimate of drug-likeness (QED) is 0.684. The molecule has 14 bridgehead atoms. The molecule has 2 spiro atoms. The molecule has 13 fully saturated rings. The van der Waals surface area contributed by atoms with Crippen LogP contribution in [0.1, 0.15) is 38.5 Å². The van der Waals surface area contributed by atoms with E-state index in [0.717, 1.165) is 58.2 Å². The third-order valence-corrected chi connectivity index (χ3v) is 11.2. The summed E-state index contributed by atoms with van der Waals surface area (Å²) in [7, 11) is 0. The first kappa shape index (κ1) is 10.7. The van der Waals surface area contributed by atoms with Gasteiger partial charge in [0.2, 0.25) is 0 Å². The normalized spacial score (nSPS) is 85.1. The van der Waals surface area contributed by atoms with Crippen LogP contribution in [-0.2, 0) is 9.47 Å². The van der Waals surface area contributed by atoms with Gasteiger partial charge in [0.25, 0.3) is 0 Å². The van der Waals surface area contributed by atoms with Crippen LogP contribution < -0.4 is 0 Å². The maximum atomic E-state index is 6.71. The highest BCUT2D eigenvalue weighted by atomic mass is 16.5. The average Bonchev–Trinajstić information content (AvgIpc) is 2.52. The summed E-state index contributed by atoms with van der Waals surface area (Å²) in [5.41, 5.74) is 1.47. The lowest BCUT2D eigenvalue weighted by Crippen LogP contribution is -2.89. The molecule has 0 aromatic rings. The van der Waals surface area contributed by atoms with Crippen molar-refractivity contribution in [2.45, 2.75) is 62.9 Å². The van der Waals surface area contributed by atoms with E-state index >= 15 is 0 Å². The summed E-state index contributed by atoms with van der Waals surface area (Å²) in [5, 5.41) is 0. The van der Waals surface area contributed by atoms with Crippen LogP contribution in [0.2, 0.25) is 0 Å². The largest absolute Gasteiger partial charge is 0.374 e. The fourth-order valence-electron chi connectivity index (χ4n) is 11.8. The Hall–Kier alpha value is -0.0800. The van der Waals surface area contributed by atoms with Crippen LogP contribution in [0.3, 0.4) is 0 Å². The zero-order valence-electron chi connectivity index (χ0n) is 13.0. The Morgan fingerprint density at radius 3 is 1.55 bits per heavy atom. The second-order valence-corrected chi connectivity index (χ2v) is 11.0. The first-order valence-electron chi connectivity index (χ1n) is 10.1. The monoisotopic (exact) mass is 296 g/mol. The molecule has 9 aliphatic carbocycles. The summed E-state index contributed by atoms with van der Waals surface area (Å²) in [6.45, 7) is 0. The molecular formula is C20H24O2. The Balaban J connectivity index is 1.43. The molecule has 13 aliphatic rings. The van der Waals surface area contributed by atoms with Crippen LogP contribution in [-0.4, -0.2) is 24.4 Å². The van der Waals surface area contributed by atoms with Gasteiger partial charge in [-0.05, 0) is 96.7 Å². The number of hydrogen-bond acceptors (Lipinski definition) is 2. The van der Waals surface area contributed by atoms with Crippen LogP contribution in [0.15, 0.2) is 0 Å². The fourth-order valence-corrected chi connectivity index (χ4v) is 11.8. The summed E-state index contributed by atoms with van der Waals surface area (Å²) in [4.78, 5) is 0. The molecule has 4 heterocycles. The van der Waals surface area contributed by atoms with E-state index in [9.17, 15) is 0 Å². The van der Waals surface area contributed by atoms with E-state index in [0.29, 0.717) is 24.4 Å². The maximum absolute atomic E-state index is 6.71. The molecule has 2 heteroatoms. The lowest BCUT2D eigenvalue weighted by molar-refractivity contribution is -0.474. The Morgan fingerprint density at radius 1 is 0.545 bits per heavy atom. The van der Waals surface area contributed by atoms with E-state index in [1.54, 1.807) is 12.8 Å². The molecule has 0 aromatic carbocycles. The van der Waals surface area contributed by atoms with Gasteiger partial charge in [0.05, 0.1) is 24.4 Å². The zero-order valence-corrected chi connectivity index (χ0v) is 13.0. The molecule has 0 N–H and O–H groups in total. The molecule has 2 nitrogen and oxygen atoms in total. The topological polar surface area (TPSA) is 18.5 Å². The number of ether oxygens (including phenoxy) is 2.